The number of carbonyl (C=O) groups is 2. The van der Waals surface area contributed by atoms with Gasteiger partial charge in [-0.3, -0.25) is 9.59 Å². The topological polar surface area (TPSA) is 56.8 Å². The highest BCUT2D eigenvalue weighted by atomic mass is 19.1. The number of amides is 2. The Morgan fingerprint density at radius 1 is 1.10 bits per heavy atom. The summed E-state index contributed by atoms with van der Waals surface area (Å²) >= 11 is 0. The molecule has 1 saturated carbocycles. The van der Waals surface area contributed by atoms with Gasteiger partial charge in [0.15, 0.2) is 0 Å². The fourth-order valence-corrected chi connectivity index (χ4v) is 4.62. The molecule has 162 valence electrons. The Kier molecular flexibility index (Phi) is 5.12. The zero-order chi connectivity index (χ0) is 21.5. The fourth-order valence-electron chi connectivity index (χ4n) is 4.62. The smallest absolute Gasteiger partial charge is 0.256 e. The number of halogens is 1. The molecule has 0 atom stereocenters. The summed E-state index contributed by atoms with van der Waals surface area (Å²) in [7, 11) is 0. The van der Waals surface area contributed by atoms with Crippen LogP contribution in [0.2, 0.25) is 0 Å². The number of aryl methyl sites for hydroxylation is 1. The van der Waals surface area contributed by atoms with Crippen LogP contribution in [0.15, 0.2) is 30.5 Å². The second-order valence-corrected chi connectivity index (χ2v) is 8.78. The molecule has 3 fully saturated rings. The number of benzene rings is 1. The summed E-state index contributed by atoms with van der Waals surface area (Å²) in [5.41, 5.74) is 3.08. The molecule has 0 bridgehead atoms. The lowest BCUT2D eigenvalue weighted by Gasteiger charge is -2.36. The van der Waals surface area contributed by atoms with Crippen molar-refractivity contribution in [1.29, 1.82) is 0 Å². The van der Waals surface area contributed by atoms with E-state index in [4.69, 9.17) is 0 Å². The molecule has 1 aromatic carbocycles. The maximum Gasteiger partial charge on any atom is 0.256 e. The Balaban J connectivity index is 1.24. The van der Waals surface area contributed by atoms with Crippen LogP contribution in [0.3, 0.4) is 0 Å². The first-order valence-corrected chi connectivity index (χ1v) is 11.1. The van der Waals surface area contributed by atoms with Gasteiger partial charge in [-0.25, -0.2) is 9.37 Å². The van der Waals surface area contributed by atoms with Crippen molar-refractivity contribution in [2.24, 2.45) is 0 Å². The molecule has 0 unspecified atom stereocenters. The van der Waals surface area contributed by atoms with Crippen molar-refractivity contribution >= 4 is 23.3 Å². The van der Waals surface area contributed by atoms with Gasteiger partial charge < -0.3 is 14.7 Å². The summed E-state index contributed by atoms with van der Waals surface area (Å²) in [6.07, 6.45) is 5.77. The van der Waals surface area contributed by atoms with Gasteiger partial charge in [0.25, 0.3) is 5.91 Å². The van der Waals surface area contributed by atoms with E-state index in [1.165, 1.54) is 36.1 Å². The Bertz CT molecular complexity index is 1030. The van der Waals surface area contributed by atoms with Gasteiger partial charge in [0.05, 0.1) is 5.56 Å². The lowest BCUT2D eigenvalue weighted by Crippen LogP contribution is -2.49. The van der Waals surface area contributed by atoms with Crippen LogP contribution in [0.4, 0.5) is 15.9 Å². The van der Waals surface area contributed by atoms with Gasteiger partial charge >= 0.3 is 0 Å². The molecule has 3 heterocycles. The quantitative estimate of drug-likeness (QED) is 0.757. The highest BCUT2D eigenvalue weighted by molar-refractivity contribution is 5.98. The molecule has 1 aromatic heterocycles. The summed E-state index contributed by atoms with van der Waals surface area (Å²) < 4.78 is 14.7. The Morgan fingerprint density at radius 3 is 2.48 bits per heavy atom. The molecule has 0 N–H and O–H groups in total. The molecule has 2 saturated heterocycles. The first kappa shape index (κ1) is 20.0. The molecule has 0 radical (unpaired) electrons. The van der Waals surface area contributed by atoms with Crippen LogP contribution in [0.25, 0.3) is 0 Å². The zero-order valence-corrected chi connectivity index (χ0v) is 17.8. The molecule has 2 aliphatic heterocycles. The standard InChI is InChI=1S/C24H27FN4O2/c1-16-13-18(17-4-5-17)15-26-23(16)27-9-11-28(12-10-27)24(31)20-7-6-19(14-21(20)25)29-8-2-3-22(29)30/h6-7,13-15,17H,2-5,8-12H2,1H3. The largest absolute Gasteiger partial charge is 0.353 e. The second-order valence-electron chi connectivity index (χ2n) is 8.78. The van der Waals surface area contributed by atoms with E-state index in [1.54, 1.807) is 15.9 Å². The third-order valence-electron chi connectivity index (χ3n) is 6.56. The van der Waals surface area contributed by atoms with Crippen molar-refractivity contribution in [2.75, 3.05) is 42.5 Å². The molecule has 3 aliphatic rings. The summed E-state index contributed by atoms with van der Waals surface area (Å²) in [4.78, 5) is 35.0. The van der Waals surface area contributed by atoms with Crippen LogP contribution in [0.5, 0.6) is 0 Å². The van der Waals surface area contributed by atoms with Crippen LogP contribution in [-0.2, 0) is 4.79 Å². The number of rotatable bonds is 4. The van der Waals surface area contributed by atoms with E-state index in [1.807, 2.05) is 6.20 Å². The van der Waals surface area contributed by atoms with Gasteiger partial charge in [-0.05, 0) is 61.4 Å². The van der Waals surface area contributed by atoms with Crippen molar-refractivity contribution < 1.29 is 14.0 Å². The van der Waals surface area contributed by atoms with E-state index in [-0.39, 0.29) is 17.4 Å². The molecule has 5 rings (SSSR count). The molecular weight excluding hydrogens is 395 g/mol. The van der Waals surface area contributed by atoms with Crippen molar-refractivity contribution in [1.82, 2.24) is 9.88 Å². The minimum absolute atomic E-state index is 0.00339. The maximum absolute atomic E-state index is 14.7. The van der Waals surface area contributed by atoms with E-state index < -0.39 is 5.82 Å². The third kappa shape index (κ3) is 3.89. The highest BCUT2D eigenvalue weighted by Gasteiger charge is 2.28. The van der Waals surface area contributed by atoms with E-state index in [0.717, 1.165) is 12.2 Å². The minimum Gasteiger partial charge on any atom is -0.353 e. The Labute approximate surface area is 181 Å². The predicted molar refractivity (Wildman–Crippen MR) is 117 cm³/mol. The summed E-state index contributed by atoms with van der Waals surface area (Å²) in [6, 6.07) is 6.72. The number of pyridine rings is 1. The number of nitrogens with zero attached hydrogens (tertiary/aromatic N) is 4. The van der Waals surface area contributed by atoms with Gasteiger partial charge in [0.1, 0.15) is 11.6 Å². The van der Waals surface area contributed by atoms with Gasteiger partial charge in [0.2, 0.25) is 5.91 Å². The third-order valence-corrected chi connectivity index (χ3v) is 6.56. The van der Waals surface area contributed by atoms with Gasteiger partial charge in [0, 0.05) is 51.0 Å². The van der Waals surface area contributed by atoms with Crippen LogP contribution in [-0.4, -0.2) is 54.4 Å². The summed E-state index contributed by atoms with van der Waals surface area (Å²) in [6.45, 7) is 5.08. The monoisotopic (exact) mass is 422 g/mol. The molecule has 2 amide bonds. The normalized spacial score (nSPS) is 19.3. The van der Waals surface area contributed by atoms with E-state index in [0.29, 0.717) is 50.7 Å². The average Bonchev–Trinajstić information content (AvgIpc) is 3.54. The van der Waals surface area contributed by atoms with Crippen molar-refractivity contribution in [2.45, 2.75) is 38.5 Å². The van der Waals surface area contributed by atoms with Gasteiger partial charge in [-0.15, -0.1) is 0 Å². The highest BCUT2D eigenvalue weighted by Crippen LogP contribution is 2.40. The maximum atomic E-state index is 14.7. The fraction of sp³-hybridized carbons (Fsp3) is 0.458. The number of hydrogen-bond acceptors (Lipinski definition) is 4. The van der Waals surface area contributed by atoms with Crippen molar-refractivity contribution in [3.05, 3.63) is 53.0 Å². The summed E-state index contributed by atoms with van der Waals surface area (Å²) in [5.74, 6) is 0.786. The number of anilines is 2. The van der Waals surface area contributed by atoms with E-state index in [2.05, 4.69) is 22.9 Å². The SMILES string of the molecule is Cc1cc(C2CC2)cnc1N1CCN(C(=O)c2ccc(N3CCCC3=O)cc2F)CC1. The number of carbonyl (C=O) groups excluding carboxylic acids is 2. The Morgan fingerprint density at radius 2 is 1.87 bits per heavy atom. The predicted octanol–water partition coefficient (Wildman–Crippen LogP) is 3.50. The lowest BCUT2D eigenvalue weighted by molar-refractivity contribution is -0.117. The molecule has 2 aromatic rings. The Hall–Kier alpha value is -2.96. The molecule has 6 nitrogen and oxygen atoms in total. The van der Waals surface area contributed by atoms with Crippen LogP contribution < -0.4 is 9.80 Å². The second kappa shape index (κ2) is 7.94. The average molecular weight is 423 g/mol. The van der Waals surface area contributed by atoms with Gasteiger partial charge in [-0.1, -0.05) is 6.07 Å². The van der Waals surface area contributed by atoms with E-state index >= 15 is 0 Å². The van der Waals surface area contributed by atoms with Crippen LogP contribution in [0.1, 0.15) is 53.1 Å². The van der Waals surface area contributed by atoms with Crippen molar-refractivity contribution in [3.8, 4) is 0 Å². The number of aromatic nitrogens is 1. The lowest BCUT2D eigenvalue weighted by atomic mass is 10.1. The molecule has 31 heavy (non-hydrogen) atoms. The zero-order valence-electron chi connectivity index (χ0n) is 17.8. The molecular formula is C24H27FN4O2. The number of piperazine rings is 1. The summed E-state index contributed by atoms with van der Waals surface area (Å²) in [5, 5.41) is 0. The molecule has 1 aliphatic carbocycles. The molecule has 7 heteroatoms. The molecule has 0 spiro atoms. The van der Waals surface area contributed by atoms with E-state index in [9.17, 15) is 14.0 Å². The van der Waals surface area contributed by atoms with Crippen LogP contribution in [0, 0.1) is 12.7 Å². The first-order chi connectivity index (χ1) is 15.0. The number of hydrogen-bond donors (Lipinski definition) is 0. The first-order valence-electron chi connectivity index (χ1n) is 11.1. The minimum atomic E-state index is -0.571. The van der Waals surface area contributed by atoms with Gasteiger partial charge in [-0.2, -0.15) is 0 Å². The van der Waals surface area contributed by atoms with Crippen LogP contribution >= 0.6 is 0 Å². The van der Waals surface area contributed by atoms with Crippen molar-refractivity contribution in [3.63, 3.8) is 0 Å².